The Hall–Kier alpha value is -1.19. The SMILES string of the molecule is CCCc1nc(-c2cccc(C)c2)sc1C(C)N. The van der Waals surface area contributed by atoms with Crippen LogP contribution in [0, 0.1) is 6.92 Å². The fraction of sp³-hybridized carbons (Fsp3) is 0.400. The number of thiazole rings is 1. The van der Waals surface area contributed by atoms with Gasteiger partial charge in [-0.15, -0.1) is 11.3 Å². The van der Waals surface area contributed by atoms with Crippen molar-refractivity contribution in [3.05, 3.63) is 40.4 Å². The van der Waals surface area contributed by atoms with E-state index in [-0.39, 0.29) is 6.04 Å². The first-order chi connectivity index (χ1) is 8.61. The van der Waals surface area contributed by atoms with Gasteiger partial charge in [0.15, 0.2) is 0 Å². The Bertz CT molecular complexity index is 529. The van der Waals surface area contributed by atoms with E-state index in [1.54, 1.807) is 11.3 Å². The van der Waals surface area contributed by atoms with Gasteiger partial charge >= 0.3 is 0 Å². The van der Waals surface area contributed by atoms with Crippen LogP contribution in [0.5, 0.6) is 0 Å². The van der Waals surface area contributed by atoms with Gasteiger partial charge in [0.1, 0.15) is 5.01 Å². The highest BCUT2D eigenvalue weighted by molar-refractivity contribution is 7.15. The Kier molecular flexibility index (Phi) is 4.15. The van der Waals surface area contributed by atoms with Gasteiger partial charge in [0.05, 0.1) is 5.69 Å². The van der Waals surface area contributed by atoms with Crippen molar-refractivity contribution in [2.45, 2.75) is 39.7 Å². The van der Waals surface area contributed by atoms with E-state index in [2.05, 4.69) is 38.1 Å². The molecule has 1 heterocycles. The average Bonchev–Trinajstić information content (AvgIpc) is 2.74. The normalized spacial score (nSPS) is 12.7. The molecule has 0 aliphatic carbocycles. The molecule has 2 aromatic rings. The number of benzene rings is 1. The molecule has 0 saturated heterocycles. The van der Waals surface area contributed by atoms with Gasteiger partial charge in [-0.05, 0) is 26.3 Å². The molecule has 2 nitrogen and oxygen atoms in total. The number of hydrogen-bond acceptors (Lipinski definition) is 3. The molecule has 0 fully saturated rings. The molecule has 0 saturated carbocycles. The lowest BCUT2D eigenvalue weighted by molar-refractivity contribution is 0.793. The van der Waals surface area contributed by atoms with Crippen molar-refractivity contribution in [2.24, 2.45) is 5.73 Å². The molecule has 1 aromatic carbocycles. The van der Waals surface area contributed by atoms with Crippen LogP contribution in [0.3, 0.4) is 0 Å². The lowest BCUT2D eigenvalue weighted by atomic mass is 10.1. The number of hydrogen-bond donors (Lipinski definition) is 1. The number of aromatic nitrogens is 1. The Morgan fingerprint density at radius 3 is 2.78 bits per heavy atom. The maximum Gasteiger partial charge on any atom is 0.123 e. The standard InChI is InChI=1S/C15H20N2S/c1-4-6-13-14(11(3)16)18-15(17-13)12-8-5-7-10(2)9-12/h5,7-9,11H,4,6,16H2,1-3H3. The molecule has 1 unspecified atom stereocenters. The second kappa shape index (κ2) is 5.63. The quantitative estimate of drug-likeness (QED) is 0.899. The Morgan fingerprint density at radius 1 is 1.39 bits per heavy atom. The van der Waals surface area contributed by atoms with Gasteiger partial charge in [0.25, 0.3) is 0 Å². The van der Waals surface area contributed by atoms with Crippen molar-refractivity contribution in [3.63, 3.8) is 0 Å². The first-order valence-corrected chi connectivity index (χ1v) is 7.25. The summed E-state index contributed by atoms with van der Waals surface area (Å²) in [6, 6.07) is 8.56. The minimum absolute atomic E-state index is 0.0719. The predicted octanol–water partition coefficient (Wildman–Crippen LogP) is 4.09. The number of nitrogens with two attached hydrogens (primary N) is 1. The summed E-state index contributed by atoms with van der Waals surface area (Å²) in [5.74, 6) is 0. The van der Waals surface area contributed by atoms with Crippen LogP contribution in [0.25, 0.3) is 10.6 Å². The summed E-state index contributed by atoms with van der Waals surface area (Å²) in [6.07, 6.45) is 2.12. The van der Waals surface area contributed by atoms with Crippen LogP contribution < -0.4 is 5.73 Å². The monoisotopic (exact) mass is 260 g/mol. The summed E-state index contributed by atoms with van der Waals surface area (Å²) in [6.45, 7) is 6.32. The maximum atomic E-state index is 6.04. The minimum Gasteiger partial charge on any atom is -0.323 e. The van der Waals surface area contributed by atoms with Crippen LogP contribution in [0.15, 0.2) is 24.3 Å². The molecule has 0 radical (unpaired) electrons. The third-order valence-electron chi connectivity index (χ3n) is 2.89. The smallest absolute Gasteiger partial charge is 0.123 e. The van der Waals surface area contributed by atoms with Crippen LogP contribution in [0.1, 0.15) is 42.4 Å². The van der Waals surface area contributed by atoms with Crippen LogP contribution in [-0.2, 0) is 6.42 Å². The van der Waals surface area contributed by atoms with Crippen molar-refractivity contribution >= 4 is 11.3 Å². The predicted molar refractivity (Wildman–Crippen MR) is 78.9 cm³/mol. The van der Waals surface area contributed by atoms with E-state index < -0.39 is 0 Å². The van der Waals surface area contributed by atoms with Crippen LogP contribution >= 0.6 is 11.3 Å². The molecule has 0 aliphatic rings. The van der Waals surface area contributed by atoms with Crippen LogP contribution in [-0.4, -0.2) is 4.98 Å². The fourth-order valence-electron chi connectivity index (χ4n) is 2.04. The summed E-state index contributed by atoms with van der Waals surface area (Å²) < 4.78 is 0. The summed E-state index contributed by atoms with van der Waals surface area (Å²) in [5.41, 5.74) is 9.68. The largest absolute Gasteiger partial charge is 0.323 e. The molecule has 2 N–H and O–H groups in total. The third-order valence-corrected chi connectivity index (χ3v) is 4.24. The van der Waals surface area contributed by atoms with Gasteiger partial charge in [-0.1, -0.05) is 37.1 Å². The molecule has 18 heavy (non-hydrogen) atoms. The fourth-order valence-corrected chi connectivity index (χ4v) is 3.10. The minimum atomic E-state index is 0.0719. The van der Waals surface area contributed by atoms with E-state index in [0.717, 1.165) is 17.8 Å². The van der Waals surface area contributed by atoms with Crippen molar-refractivity contribution in [1.82, 2.24) is 4.98 Å². The molecule has 0 aliphatic heterocycles. The topological polar surface area (TPSA) is 38.9 Å². The van der Waals surface area contributed by atoms with Gasteiger partial charge in [0, 0.05) is 16.5 Å². The number of aryl methyl sites for hydroxylation is 2. The highest BCUT2D eigenvalue weighted by Crippen LogP contribution is 2.32. The van der Waals surface area contributed by atoms with Crippen molar-refractivity contribution in [1.29, 1.82) is 0 Å². The molecule has 2 rings (SSSR count). The molecular formula is C15H20N2S. The number of rotatable bonds is 4. The van der Waals surface area contributed by atoms with Gasteiger partial charge in [0.2, 0.25) is 0 Å². The van der Waals surface area contributed by atoms with Crippen molar-refractivity contribution in [2.75, 3.05) is 0 Å². The van der Waals surface area contributed by atoms with E-state index in [0.29, 0.717) is 0 Å². The van der Waals surface area contributed by atoms with Gasteiger partial charge in [-0.2, -0.15) is 0 Å². The maximum absolute atomic E-state index is 6.04. The molecule has 0 bridgehead atoms. The Balaban J connectivity index is 2.43. The zero-order valence-electron chi connectivity index (χ0n) is 11.2. The average molecular weight is 260 g/mol. The second-order valence-corrected chi connectivity index (χ2v) is 5.77. The summed E-state index contributed by atoms with van der Waals surface area (Å²) in [7, 11) is 0. The van der Waals surface area contributed by atoms with E-state index in [1.807, 2.05) is 6.92 Å². The second-order valence-electron chi connectivity index (χ2n) is 4.74. The first-order valence-electron chi connectivity index (χ1n) is 6.44. The van der Waals surface area contributed by atoms with Crippen LogP contribution in [0.4, 0.5) is 0 Å². The molecule has 0 amide bonds. The molecular weight excluding hydrogens is 240 g/mol. The third kappa shape index (κ3) is 2.79. The number of nitrogens with zero attached hydrogens (tertiary/aromatic N) is 1. The zero-order valence-corrected chi connectivity index (χ0v) is 12.1. The molecule has 96 valence electrons. The van der Waals surface area contributed by atoms with E-state index >= 15 is 0 Å². The van der Waals surface area contributed by atoms with Gasteiger partial charge in [-0.3, -0.25) is 0 Å². The van der Waals surface area contributed by atoms with Gasteiger partial charge in [-0.25, -0.2) is 4.98 Å². The zero-order chi connectivity index (χ0) is 13.1. The molecule has 1 atom stereocenters. The van der Waals surface area contributed by atoms with Crippen molar-refractivity contribution < 1.29 is 0 Å². The summed E-state index contributed by atoms with van der Waals surface area (Å²) >= 11 is 1.73. The Morgan fingerprint density at radius 2 is 2.17 bits per heavy atom. The first kappa shape index (κ1) is 13.2. The Labute approximate surface area is 113 Å². The van der Waals surface area contributed by atoms with Crippen LogP contribution in [0.2, 0.25) is 0 Å². The van der Waals surface area contributed by atoms with E-state index in [4.69, 9.17) is 10.7 Å². The highest BCUT2D eigenvalue weighted by atomic mass is 32.1. The lowest BCUT2D eigenvalue weighted by Gasteiger charge is -2.03. The van der Waals surface area contributed by atoms with Crippen molar-refractivity contribution in [3.8, 4) is 10.6 Å². The summed E-state index contributed by atoms with van der Waals surface area (Å²) in [4.78, 5) is 6.00. The highest BCUT2D eigenvalue weighted by Gasteiger charge is 2.14. The lowest BCUT2D eigenvalue weighted by Crippen LogP contribution is -2.05. The van der Waals surface area contributed by atoms with E-state index in [1.165, 1.54) is 21.7 Å². The molecule has 1 aromatic heterocycles. The molecule has 3 heteroatoms. The summed E-state index contributed by atoms with van der Waals surface area (Å²) in [5, 5.41) is 1.09. The molecule has 0 spiro atoms. The van der Waals surface area contributed by atoms with Gasteiger partial charge < -0.3 is 5.73 Å². The van der Waals surface area contributed by atoms with E-state index in [9.17, 15) is 0 Å².